The maximum Gasteiger partial charge on any atom is 0.153 e. The second-order valence-electron chi connectivity index (χ2n) is 5.86. The number of hydrogen-bond donors (Lipinski definition) is 0. The van der Waals surface area contributed by atoms with Crippen LogP contribution in [-0.4, -0.2) is 8.75 Å². The third kappa shape index (κ3) is 2.38. The molecule has 5 heterocycles. The predicted molar refractivity (Wildman–Crippen MR) is 120 cm³/mol. The summed E-state index contributed by atoms with van der Waals surface area (Å²) in [7, 11) is 0. The summed E-state index contributed by atoms with van der Waals surface area (Å²) in [5.41, 5.74) is 2.36. The summed E-state index contributed by atoms with van der Waals surface area (Å²) in [6.45, 7) is 0. The first kappa shape index (κ1) is 16.5. The highest BCUT2D eigenvalue weighted by Crippen LogP contribution is 2.48. The molecular weight excluding hydrogens is 459 g/mol. The van der Waals surface area contributed by atoms with Crippen LogP contribution in [0.2, 0.25) is 5.02 Å². The van der Waals surface area contributed by atoms with Gasteiger partial charge in [0.15, 0.2) is 5.82 Å². The Kier molecular flexibility index (Phi) is 3.70. The normalized spacial score (nSPS) is 12.1. The Morgan fingerprint density at radius 1 is 0.778 bits per heavy atom. The van der Waals surface area contributed by atoms with Crippen molar-refractivity contribution in [1.82, 2.24) is 8.75 Å². The molecule has 0 bridgehead atoms. The number of thiophene rings is 4. The van der Waals surface area contributed by atoms with Crippen molar-refractivity contribution in [1.29, 1.82) is 0 Å². The first-order chi connectivity index (χ1) is 13.2. The van der Waals surface area contributed by atoms with E-state index in [-0.39, 0.29) is 5.02 Å². The molecule has 0 aliphatic heterocycles. The lowest BCUT2D eigenvalue weighted by molar-refractivity contribution is 0.634. The maximum absolute atomic E-state index is 15.5. The van der Waals surface area contributed by atoms with Crippen molar-refractivity contribution in [2.75, 3.05) is 0 Å². The summed E-state index contributed by atoms with van der Waals surface area (Å²) in [5.74, 6) is -0.419. The smallest absolute Gasteiger partial charge is 0.153 e. The topological polar surface area (TPSA) is 25.8 Å². The molecule has 6 rings (SSSR count). The first-order valence-corrected chi connectivity index (χ1v) is 12.3. The fraction of sp³-hybridized carbons (Fsp3) is 0. The van der Waals surface area contributed by atoms with Crippen molar-refractivity contribution in [3.05, 3.63) is 45.9 Å². The van der Waals surface area contributed by atoms with Crippen LogP contribution in [0.5, 0.6) is 0 Å². The molecule has 0 unspecified atom stereocenters. The third-order valence-corrected chi connectivity index (χ3v) is 9.47. The molecule has 0 atom stereocenters. The van der Waals surface area contributed by atoms with Gasteiger partial charge < -0.3 is 0 Å². The summed E-state index contributed by atoms with van der Waals surface area (Å²) in [6.07, 6.45) is 0. The van der Waals surface area contributed by atoms with Gasteiger partial charge in [-0.15, -0.1) is 45.3 Å². The van der Waals surface area contributed by atoms with E-state index < -0.39 is 5.82 Å². The molecular formula is C18H6ClFN2S5. The number of fused-ring (bicyclic) bond motifs is 3. The number of hydrogen-bond acceptors (Lipinski definition) is 7. The highest BCUT2D eigenvalue weighted by atomic mass is 35.5. The van der Waals surface area contributed by atoms with Crippen LogP contribution in [-0.2, 0) is 0 Å². The maximum atomic E-state index is 15.5. The standard InChI is InChI=1S/C18H6ClFN2S5/c19-15-13(11-5-9-7(25-11)1-3-23-9)17-18(22-27-21-17)14(16(15)20)12-6-10-8(26-12)2-4-24-10/h1-6H. The van der Waals surface area contributed by atoms with E-state index in [0.717, 1.165) is 30.9 Å². The van der Waals surface area contributed by atoms with Gasteiger partial charge in [0, 0.05) is 34.1 Å². The van der Waals surface area contributed by atoms with Gasteiger partial charge in [-0.1, -0.05) is 11.6 Å². The van der Waals surface area contributed by atoms with Crippen molar-refractivity contribution < 1.29 is 4.39 Å². The minimum Gasteiger partial charge on any atom is -0.205 e. The van der Waals surface area contributed by atoms with E-state index in [4.69, 9.17) is 11.6 Å². The summed E-state index contributed by atoms with van der Waals surface area (Å²) in [5, 5.41) is 4.22. The lowest BCUT2D eigenvalue weighted by Gasteiger charge is -2.09. The van der Waals surface area contributed by atoms with Gasteiger partial charge >= 0.3 is 0 Å². The lowest BCUT2D eigenvalue weighted by atomic mass is 10.0. The van der Waals surface area contributed by atoms with Crippen LogP contribution < -0.4 is 0 Å². The molecule has 132 valence electrons. The molecule has 0 radical (unpaired) electrons. The minimum atomic E-state index is -0.419. The van der Waals surface area contributed by atoms with Crippen molar-refractivity contribution >= 4 is 98.5 Å². The van der Waals surface area contributed by atoms with Gasteiger partial charge in [0.25, 0.3) is 0 Å². The van der Waals surface area contributed by atoms with Gasteiger partial charge in [-0.25, -0.2) is 4.39 Å². The molecule has 0 saturated carbocycles. The van der Waals surface area contributed by atoms with Crippen molar-refractivity contribution in [3.8, 4) is 20.9 Å². The van der Waals surface area contributed by atoms with Crippen molar-refractivity contribution in [2.45, 2.75) is 0 Å². The minimum absolute atomic E-state index is 0.121. The van der Waals surface area contributed by atoms with E-state index in [1.807, 2.05) is 11.4 Å². The van der Waals surface area contributed by atoms with Gasteiger partial charge in [-0.3, -0.25) is 0 Å². The van der Waals surface area contributed by atoms with Gasteiger partial charge in [0.1, 0.15) is 11.0 Å². The zero-order valence-electron chi connectivity index (χ0n) is 13.2. The Balaban J connectivity index is 1.68. The second kappa shape index (κ2) is 6.04. The first-order valence-electron chi connectivity index (χ1n) is 7.79. The number of aromatic nitrogens is 2. The quantitative estimate of drug-likeness (QED) is 0.257. The molecule has 5 aromatic heterocycles. The van der Waals surface area contributed by atoms with Crippen LogP contribution >= 0.6 is 68.7 Å². The van der Waals surface area contributed by atoms with Crippen molar-refractivity contribution in [3.63, 3.8) is 0 Å². The average molecular weight is 465 g/mol. The van der Waals surface area contributed by atoms with E-state index in [2.05, 4.69) is 32.3 Å². The Labute approximate surface area is 177 Å². The predicted octanol–water partition coefficient (Wildman–Crippen LogP) is 8.37. The fourth-order valence-corrected chi connectivity index (χ4v) is 8.38. The van der Waals surface area contributed by atoms with Crippen LogP contribution in [0.25, 0.3) is 50.7 Å². The van der Waals surface area contributed by atoms with Gasteiger partial charge in [0.2, 0.25) is 0 Å². The van der Waals surface area contributed by atoms with E-state index in [9.17, 15) is 0 Å². The molecule has 0 aliphatic rings. The Hall–Kier alpha value is -1.42. The third-order valence-electron chi connectivity index (χ3n) is 4.37. The average Bonchev–Trinajstić information content (AvgIpc) is 3.41. The molecule has 0 N–H and O–H groups in total. The van der Waals surface area contributed by atoms with E-state index in [1.54, 1.807) is 45.3 Å². The molecule has 9 heteroatoms. The lowest BCUT2D eigenvalue weighted by Crippen LogP contribution is -1.91. The highest BCUT2D eigenvalue weighted by Gasteiger charge is 2.25. The Bertz CT molecular complexity index is 1300. The summed E-state index contributed by atoms with van der Waals surface area (Å²) in [4.78, 5) is 1.77. The highest BCUT2D eigenvalue weighted by molar-refractivity contribution is 7.29. The van der Waals surface area contributed by atoms with Gasteiger partial charge in [0.05, 0.1) is 22.3 Å². The molecule has 0 spiro atoms. The zero-order chi connectivity index (χ0) is 18.1. The monoisotopic (exact) mass is 464 g/mol. The van der Waals surface area contributed by atoms with E-state index in [1.165, 1.54) is 9.40 Å². The number of nitrogens with zero attached hydrogens (tertiary/aromatic N) is 2. The number of rotatable bonds is 2. The molecule has 6 aromatic rings. The molecule has 0 saturated heterocycles. The molecule has 1 aromatic carbocycles. The Morgan fingerprint density at radius 2 is 1.33 bits per heavy atom. The molecule has 27 heavy (non-hydrogen) atoms. The summed E-state index contributed by atoms with van der Waals surface area (Å²) >= 11 is 14.1. The van der Waals surface area contributed by atoms with Crippen molar-refractivity contribution in [2.24, 2.45) is 0 Å². The van der Waals surface area contributed by atoms with Crippen LogP contribution in [0.4, 0.5) is 4.39 Å². The molecule has 2 nitrogen and oxygen atoms in total. The SMILES string of the molecule is Fc1c(Cl)c(-c2cc3sccc3s2)c2nsnc2c1-c1cc2sccc2s1. The fourth-order valence-electron chi connectivity index (χ4n) is 3.17. The molecule has 0 amide bonds. The van der Waals surface area contributed by atoms with Crippen LogP contribution in [0.1, 0.15) is 0 Å². The van der Waals surface area contributed by atoms with Crippen LogP contribution in [0.15, 0.2) is 35.0 Å². The summed E-state index contributed by atoms with van der Waals surface area (Å²) < 4.78 is 29.0. The largest absolute Gasteiger partial charge is 0.205 e. The number of benzene rings is 1. The van der Waals surface area contributed by atoms with Crippen LogP contribution in [0.3, 0.4) is 0 Å². The summed E-state index contributed by atoms with van der Waals surface area (Å²) in [6, 6.07) is 8.20. The van der Waals surface area contributed by atoms with Gasteiger partial charge in [-0.2, -0.15) is 8.75 Å². The van der Waals surface area contributed by atoms with Gasteiger partial charge in [-0.05, 0) is 35.0 Å². The number of halogens is 2. The molecule has 0 aliphatic carbocycles. The van der Waals surface area contributed by atoms with E-state index >= 15 is 4.39 Å². The Morgan fingerprint density at radius 3 is 1.93 bits per heavy atom. The van der Waals surface area contributed by atoms with E-state index in [0.29, 0.717) is 22.2 Å². The van der Waals surface area contributed by atoms with Crippen LogP contribution in [0, 0.1) is 5.82 Å². The zero-order valence-corrected chi connectivity index (χ0v) is 18.0. The molecule has 0 fully saturated rings. The second-order valence-corrected chi connectivity index (χ2v) is 10.8.